The van der Waals surface area contributed by atoms with Crippen LogP contribution in [-0.4, -0.2) is 46.7 Å². The molecule has 1 saturated carbocycles. The molecule has 2 aliphatic rings. The van der Waals surface area contributed by atoms with Gasteiger partial charge in [0, 0.05) is 0 Å². The highest BCUT2D eigenvalue weighted by Crippen LogP contribution is 2.42. The fraction of sp³-hybridized carbons (Fsp3) is 0.579. The summed E-state index contributed by atoms with van der Waals surface area (Å²) in [5.74, 6) is 0.617. The highest BCUT2D eigenvalue weighted by atomic mass is 16.5. The van der Waals surface area contributed by atoms with Crippen molar-refractivity contribution in [3.63, 3.8) is 0 Å². The van der Waals surface area contributed by atoms with E-state index in [2.05, 4.69) is 5.32 Å². The van der Waals surface area contributed by atoms with Crippen molar-refractivity contribution >= 4 is 11.9 Å². The van der Waals surface area contributed by atoms with E-state index < -0.39 is 17.7 Å². The Labute approximate surface area is 148 Å². The van der Waals surface area contributed by atoms with Gasteiger partial charge in [-0.25, -0.2) is 4.79 Å². The zero-order chi connectivity index (χ0) is 18.0. The number of benzene rings is 1. The third-order valence-electron chi connectivity index (χ3n) is 5.57. The molecule has 6 heteroatoms. The van der Waals surface area contributed by atoms with Crippen LogP contribution in [0.25, 0.3) is 0 Å². The van der Waals surface area contributed by atoms with E-state index in [1.54, 1.807) is 12.1 Å². The van der Waals surface area contributed by atoms with Crippen LogP contribution in [0.15, 0.2) is 30.3 Å². The smallest absolute Gasteiger partial charge is 0.325 e. The summed E-state index contributed by atoms with van der Waals surface area (Å²) in [6, 6.07) is 8.73. The summed E-state index contributed by atoms with van der Waals surface area (Å²) in [6.45, 7) is 4.01. The summed E-state index contributed by atoms with van der Waals surface area (Å²) in [4.78, 5) is 26.6. The number of ether oxygens (including phenoxy) is 1. The van der Waals surface area contributed by atoms with Gasteiger partial charge < -0.3 is 15.2 Å². The van der Waals surface area contributed by atoms with E-state index >= 15 is 0 Å². The molecule has 3 rings (SSSR count). The number of hydrogen-bond acceptors (Lipinski definition) is 4. The molecule has 1 spiro atoms. The third kappa shape index (κ3) is 3.23. The van der Waals surface area contributed by atoms with Gasteiger partial charge in [0.1, 0.15) is 24.0 Å². The van der Waals surface area contributed by atoms with E-state index in [9.17, 15) is 14.7 Å². The predicted octanol–water partition coefficient (Wildman–Crippen LogP) is 2.17. The van der Waals surface area contributed by atoms with E-state index in [0.717, 1.165) is 24.2 Å². The molecule has 1 aliphatic heterocycles. The van der Waals surface area contributed by atoms with Gasteiger partial charge >= 0.3 is 6.03 Å². The SMILES string of the molecule is C[C@H]1CCC[C@H](C)C12NC(=O)N(C[C@H](O)COc1ccccc1)C2=O. The monoisotopic (exact) mass is 346 g/mol. The molecule has 25 heavy (non-hydrogen) atoms. The van der Waals surface area contributed by atoms with Gasteiger partial charge in [0.15, 0.2) is 0 Å². The van der Waals surface area contributed by atoms with E-state index in [1.165, 1.54) is 0 Å². The fourth-order valence-corrected chi connectivity index (χ4v) is 4.09. The Bertz CT molecular complexity index is 624. The van der Waals surface area contributed by atoms with Crippen LogP contribution >= 0.6 is 0 Å². The van der Waals surface area contributed by atoms with Crippen molar-refractivity contribution in [2.24, 2.45) is 11.8 Å². The molecular formula is C19H26N2O4. The van der Waals surface area contributed by atoms with Gasteiger partial charge in [-0.15, -0.1) is 0 Å². The molecule has 1 aliphatic carbocycles. The van der Waals surface area contributed by atoms with Crippen molar-refractivity contribution in [1.29, 1.82) is 0 Å². The molecule has 0 bridgehead atoms. The van der Waals surface area contributed by atoms with Crippen molar-refractivity contribution < 1.29 is 19.4 Å². The first-order chi connectivity index (χ1) is 11.9. The van der Waals surface area contributed by atoms with E-state index in [1.807, 2.05) is 32.0 Å². The van der Waals surface area contributed by atoms with Crippen molar-refractivity contribution in [1.82, 2.24) is 10.2 Å². The van der Waals surface area contributed by atoms with Gasteiger partial charge in [0.25, 0.3) is 5.91 Å². The van der Waals surface area contributed by atoms with Gasteiger partial charge in [-0.2, -0.15) is 0 Å². The summed E-state index contributed by atoms with van der Waals surface area (Å²) in [6.07, 6.45) is 1.98. The number of nitrogens with zero attached hydrogens (tertiary/aromatic N) is 1. The highest BCUT2D eigenvalue weighted by molar-refractivity contribution is 6.07. The number of aliphatic hydroxyl groups excluding tert-OH is 1. The Morgan fingerprint density at radius 1 is 1.24 bits per heavy atom. The largest absolute Gasteiger partial charge is 0.491 e. The maximum Gasteiger partial charge on any atom is 0.325 e. The zero-order valence-electron chi connectivity index (χ0n) is 14.8. The van der Waals surface area contributed by atoms with Crippen molar-refractivity contribution in [2.45, 2.75) is 44.8 Å². The molecule has 2 N–H and O–H groups in total. The lowest BCUT2D eigenvalue weighted by atomic mass is 9.67. The molecule has 3 amide bonds. The van der Waals surface area contributed by atoms with Crippen LogP contribution in [0, 0.1) is 11.8 Å². The van der Waals surface area contributed by atoms with Crippen molar-refractivity contribution in [3.05, 3.63) is 30.3 Å². The molecule has 136 valence electrons. The zero-order valence-corrected chi connectivity index (χ0v) is 14.8. The van der Waals surface area contributed by atoms with Gasteiger partial charge in [-0.05, 0) is 36.8 Å². The van der Waals surface area contributed by atoms with Crippen molar-refractivity contribution in [2.75, 3.05) is 13.2 Å². The maximum absolute atomic E-state index is 13.0. The van der Waals surface area contributed by atoms with Gasteiger partial charge in [-0.1, -0.05) is 38.5 Å². The average molecular weight is 346 g/mol. The summed E-state index contributed by atoms with van der Waals surface area (Å²) in [7, 11) is 0. The molecule has 1 saturated heterocycles. The van der Waals surface area contributed by atoms with E-state index in [4.69, 9.17) is 4.74 Å². The number of amides is 3. The number of imide groups is 1. The summed E-state index contributed by atoms with van der Waals surface area (Å²) in [5, 5.41) is 13.2. The first kappa shape index (κ1) is 17.7. The Hall–Kier alpha value is -2.08. The molecule has 3 atom stereocenters. The third-order valence-corrected chi connectivity index (χ3v) is 5.57. The number of aliphatic hydroxyl groups is 1. The van der Waals surface area contributed by atoms with Crippen LogP contribution in [0.3, 0.4) is 0 Å². The Kier molecular flexibility index (Phi) is 4.99. The number of carbonyl (C=O) groups excluding carboxylic acids is 2. The van der Waals surface area contributed by atoms with Crippen molar-refractivity contribution in [3.8, 4) is 5.75 Å². The maximum atomic E-state index is 13.0. The van der Waals surface area contributed by atoms with E-state index in [-0.39, 0.29) is 30.9 Å². The minimum absolute atomic E-state index is 0.0270. The molecule has 0 radical (unpaired) electrons. The summed E-state index contributed by atoms with van der Waals surface area (Å²) in [5.41, 5.74) is -0.824. The fourth-order valence-electron chi connectivity index (χ4n) is 4.09. The Morgan fingerprint density at radius 2 is 1.88 bits per heavy atom. The number of hydrogen-bond donors (Lipinski definition) is 2. The van der Waals surface area contributed by atoms with Gasteiger partial charge in [0.05, 0.1) is 6.54 Å². The lowest BCUT2D eigenvalue weighted by Crippen LogP contribution is -2.59. The van der Waals surface area contributed by atoms with Crippen LogP contribution in [0.1, 0.15) is 33.1 Å². The molecule has 1 aromatic rings. The second-order valence-electron chi connectivity index (χ2n) is 7.23. The number of β-amino-alcohol motifs (C(OH)–C–C–N with tert-alkyl or cyclic N) is 1. The molecule has 0 aromatic heterocycles. The minimum Gasteiger partial charge on any atom is -0.491 e. The summed E-state index contributed by atoms with van der Waals surface area (Å²) < 4.78 is 5.51. The highest BCUT2D eigenvalue weighted by Gasteiger charge is 2.58. The first-order valence-corrected chi connectivity index (χ1v) is 8.95. The Morgan fingerprint density at radius 3 is 2.52 bits per heavy atom. The molecule has 1 heterocycles. The molecule has 2 fully saturated rings. The quantitative estimate of drug-likeness (QED) is 0.801. The minimum atomic E-state index is -0.931. The van der Waals surface area contributed by atoms with Gasteiger partial charge in [-0.3, -0.25) is 9.69 Å². The van der Waals surface area contributed by atoms with Gasteiger partial charge in [0.2, 0.25) is 0 Å². The molecular weight excluding hydrogens is 320 g/mol. The lowest BCUT2D eigenvalue weighted by molar-refractivity contribution is -0.137. The number of carbonyl (C=O) groups is 2. The van der Waals surface area contributed by atoms with E-state index in [0.29, 0.717) is 5.75 Å². The Balaban J connectivity index is 1.64. The average Bonchev–Trinajstić information content (AvgIpc) is 2.85. The van der Waals surface area contributed by atoms with Crippen LogP contribution < -0.4 is 10.1 Å². The number of rotatable bonds is 5. The topological polar surface area (TPSA) is 78.9 Å². The second kappa shape index (κ2) is 7.04. The lowest BCUT2D eigenvalue weighted by Gasteiger charge is -2.42. The molecule has 6 nitrogen and oxygen atoms in total. The number of nitrogens with one attached hydrogen (secondary N) is 1. The summed E-state index contributed by atoms with van der Waals surface area (Å²) >= 11 is 0. The number of para-hydroxylation sites is 1. The molecule has 1 aromatic carbocycles. The predicted molar refractivity (Wildman–Crippen MR) is 93.1 cm³/mol. The number of urea groups is 1. The standard InChI is InChI=1S/C19H26N2O4/c1-13-7-6-8-14(2)19(13)17(23)21(18(24)20-19)11-15(22)12-25-16-9-4-3-5-10-16/h3-5,9-10,13-15,22H,6-8,11-12H2,1-2H3,(H,20,24)/t13-,14-,15-/m0/s1. The van der Waals surface area contributed by atoms with Crippen LogP contribution in [0.4, 0.5) is 4.79 Å². The van der Waals surface area contributed by atoms with Crippen LogP contribution in [0.5, 0.6) is 5.75 Å². The van der Waals surface area contributed by atoms with Crippen LogP contribution in [-0.2, 0) is 4.79 Å². The second-order valence-corrected chi connectivity index (χ2v) is 7.23. The van der Waals surface area contributed by atoms with Crippen LogP contribution in [0.2, 0.25) is 0 Å². The normalized spacial score (nSPS) is 26.6. The first-order valence-electron chi connectivity index (χ1n) is 8.95. The molecule has 0 unspecified atom stereocenters.